The maximum atomic E-state index is 5.64. The second kappa shape index (κ2) is 7.19. The lowest BCUT2D eigenvalue weighted by Gasteiger charge is -2.10. The molecule has 0 amide bonds. The van der Waals surface area contributed by atoms with Crippen molar-refractivity contribution in [3.05, 3.63) is 0 Å². The van der Waals surface area contributed by atoms with Crippen LogP contribution < -0.4 is 0 Å². The average Bonchev–Trinajstić information content (AvgIpc) is 2.33. The third-order valence-electron chi connectivity index (χ3n) is 1.37. The molecule has 1 heterocycles. The van der Waals surface area contributed by atoms with Crippen molar-refractivity contribution < 1.29 is 4.52 Å². The van der Waals surface area contributed by atoms with Crippen molar-refractivity contribution in [2.45, 2.75) is 12.8 Å². The summed E-state index contributed by atoms with van der Waals surface area (Å²) in [6.45, 7) is 0.415. The van der Waals surface area contributed by atoms with Crippen LogP contribution in [0.4, 0.5) is 0 Å². The summed E-state index contributed by atoms with van der Waals surface area (Å²) >= 11 is 3.96. The van der Waals surface area contributed by atoms with E-state index in [2.05, 4.69) is 4.99 Å². The molecule has 0 N–H and O–H groups in total. The van der Waals surface area contributed by atoms with Gasteiger partial charge in [-0.25, -0.2) is 0 Å². The van der Waals surface area contributed by atoms with Crippen molar-refractivity contribution in [1.29, 1.82) is 0 Å². The molecule has 0 unspecified atom stereocenters. The molecule has 1 rings (SSSR count). The van der Waals surface area contributed by atoms with Gasteiger partial charge in [-0.1, -0.05) is 22.8 Å². The van der Waals surface area contributed by atoms with E-state index in [1.54, 1.807) is 7.05 Å². The predicted octanol–water partition coefficient (Wildman–Crippen LogP) is 3.19. The zero-order valence-electron chi connectivity index (χ0n) is 7.23. The largest absolute Gasteiger partial charge is 0.333 e. The molecule has 0 aromatic heterocycles. The summed E-state index contributed by atoms with van der Waals surface area (Å²) < 4.78 is 5.64. The van der Waals surface area contributed by atoms with Crippen LogP contribution in [-0.4, -0.2) is 31.4 Å². The van der Waals surface area contributed by atoms with E-state index in [1.165, 1.54) is 24.3 Å². The first-order valence-electron chi connectivity index (χ1n) is 4.03. The molecule has 0 aliphatic carbocycles. The second-order valence-electron chi connectivity index (χ2n) is 2.33. The number of hydrogen-bond acceptors (Lipinski definition) is 4. The molecule has 1 fully saturated rings. The fourth-order valence-electron chi connectivity index (χ4n) is 0.763. The third-order valence-corrected chi connectivity index (χ3v) is 7.98. The van der Waals surface area contributed by atoms with Gasteiger partial charge in [0, 0.05) is 24.8 Å². The Morgan fingerprint density at radius 3 is 2.67 bits per heavy atom. The van der Waals surface area contributed by atoms with Crippen LogP contribution in [-0.2, 0) is 4.52 Å². The summed E-state index contributed by atoms with van der Waals surface area (Å²) in [5.74, 6) is 2.53. The molecular formula is C7H14NOPS2. The summed E-state index contributed by atoms with van der Waals surface area (Å²) in [4.78, 5) is 3.89. The summed E-state index contributed by atoms with van der Waals surface area (Å²) in [6.07, 6.45) is 4.53. The summed E-state index contributed by atoms with van der Waals surface area (Å²) in [5, 5.41) is 0. The molecule has 1 aliphatic rings. The number of hydrogen-bond donors (Lipinski definition) is 0. The lowest BCUT2D eigenvalue weighted by atomic mass is 10.4. The molecule has 70 valence electrons. The predicted molar refractivity (Wildman–Crippen MR) is 61.4 cm³/mol. The molecule has 2 nitrogen and oxygen atoms in total. The molecule has 0 radical (unpaired) electrons. The van der Waals surface area contributed by atoms with Crippen LogP contribution in [0.2, 0.25) is 0 Å². The molecule has 0 aromatic rings. The minimum Gasteiger partial charge on any atom is -0.333 e. The van der Waals surface area contributed by atoms with E-state index in [4.69, 9.17) is 4.52 Å². The Bertz CT molecular complexity index is 137. The van der Waals surface area contributed by atoms with E-state index in [9.17, 15) is 0 Å². The highest BCUT2D eigenvalue weighted by atomic mass is 33.1. The zero-order valence-corrected chi connectivity index (χ0v) is 9.76. The van der Waals surface area contributed by atoms with Crippen molar-refractivity contribution >= 4 is 35.5 Å². The van der Waals surface area contributed by atoms with Gasteiger partial charge in [-0.3, -0.25) is 4.99 Å². The highest BCUT2D eigenvalue weighted by Crippen LogP contribution is 2.63. The molecule has 1 aliphatic heterocycles. The lowest BCUT2D eigenvalue weighted by Crippen LogP contribution is -1.86. The van der Waals surface area contributed by atoms with Crippen LogP contribution in [0.1, 0.15) is 12.8 Å². The van der Waals surface area contributed by atoms with E-state index in [1.807, 2.05) is 29.0 Å². The van der Waals surface area contributed by atoms with Gasteiger partial charge in [-0.15, -0.1) is 0 Å². The standard InChI is InChI=1S/C7H14NOPS2/c1-8-4-5-9-10-11-6-2-3-7-12-10/h4H,2-3,5-7H2,1H3/b8-4+. The first-order chi connectivity index (χ1) is 5.93. The van der Waals surface area contributed by atoms with Crippen molar-refractivity contribution in [2.24, 2.45) is 4.99 Å². The van der Waals surface area contributed by atoms with E-state index >= 15 is 0 Å². The fraction of sp³-hybridized carbons (Fsp3) is 0.857. The Hall–Kier alpha value is 0.760. The Morgan fingerprint density at radius 2 is 2.08 bits per heavy atom. The van der Waals surface area contributed by atoms with E-state index in [0.29, 0.717) is 6.61 Å². The van der Waals surface area contributed by atoms with Crippen molar-refractivity contribution in [3.63, 3.8) is 0 Å². The Morgan fingerprint density at radius 1 is 1.42 bits per heavy atom. The fourth-order valence-corrected chi connectivity index (χ4v) is 6.86. The molecule has 5 heteroatoms. The maximum absolute atomic E-state index is 5.64. The minimum absolute atomic E-state index is 0.268. The highest BCUT2D eigenvalue weighted by molar-refractivity contribution is 8.86. The van der Waals surface area contributed by atoms with Crippen molar-refractivity contribution in [1.82, 2.24) is 0 Å². The van der Waals surface area contributed by atoms with Crippen LogP contribution in [0.25, 0.3) is 0 Å². The molecular weight excluding hydrogens is 209 g/mol. The highest BCUT2D eigenvalue weighted by Gasteiger charge is 2.13. The Balaban J connectivity index is 2.11. The number of nitrogens with zero attached hydrogens (tertiary/aromatic N) is 1. The quantitative estimate of drug-likeness (QED) is 0.541. The van der Waals surface area contributed by atoms with Gasteiger partial charge in [-0.2, -0.15) is 0 Å². The van der Waals surface area contributed by atoms with Gasteiger partial charge in [0.15, 0.2) is 6.55 Å². The first-order valence-corrected chi connectivity index (χ1v) is 8.47. The molecule has 0 aromatic carbocycles. The van der Waals surface area contributed by atoms with Crippen molar-refractivity contribution in [2.75, 3.05) is 25.2 Å². The smallest absolute Gasteiger partial charge is 0.152 e. The summed E-state index contributed by atoms with van der Waals surface area (Å²) in [5.41, 5.74) is 0. The number of aliphatic imine (C=N–C) groups is 1. The van der Waals surface area contributed by atoms with Crippen LogP contribution in [0.3, 0.4) is 0 Å². The van der Waals surface area contributed by atoms with E-state index in [0.717, 1.165) is 0 Å². The lowest BCUT2D eigenvalue weighted by molar-refractivity contribution is 0.442. The Kier molecular flexibility index (Phi) is 6.49. The van der Waals surface area contributed by atoms with Gasteiger partial charge >= 0.3 is 0 Å². The normalized spacial score (nSPS) is 21.4. The monoisotopic (exact) mass is 223 g/mol. The van der Waals surface area contributed by atoms with Gasteiger partial charge in [0.2, 0.25) is 0 Å². The average molecular weight is 223 g/mol. The second-order valence-corrected chi connectivity index (χ2v) is 8.60. The van der Waals surface area contributed by atoms with Crippen LogP contribution >= 0.6 is 29.3 Å². The van der Waals surface area contributed by atoms with Gasteiger partial charge in [-0.05, 0) is 12.8 Å². The minimum atomic E-state index is -0.268. The molecule has 0 atom stereocenters. The molecule has 1 saturated heterocycles. The van der Waals surface area contributed by atoms with Crippen molar-refractivity contribution in [3.8, 4) is 0 Å². The Labute approximate surface area is 83.3 Å². The van der Waals surface area contributed by atoms with Crippen LogP contribution in [0.15, 0.2) is 4.99 Å². The van der Waals surface area contributed by atoms with Gasteiger partial charge in [0.25, 0.3) is 0 Å². The molecule has 0 saturated carbocycles. The summed E-state index contributed by atoms with van der Waals surface area (Å²) in [6, 6.07) is 0. The van der Waals surface area contributed by atoms with E-state index < -0.39 is 0 Å². The van der Waals surface area contributed by atoms with Gasteiger partial charge in [0.1, 0.15) is 0 Å². The number of rotatable bonds is 3. The van der Waals surface area contributed by atoms with Gasteiger partial charge < -0.3 is 4.52 Å². The summed E-state index contributed by atoms with van der Waals surface area (Å²) in [7, 11) is 1.78. The molecule has 0 bridgehead atoms. The SMILES string of the molecule is C/N=C/COP1SCCCCS1. The zero-order chi connectivity index (χ0) is 8.65. The third kappa shape index (κ3) is 4.70. The maximum Gasteiger partial charge on any atom is 0.152 e. The van der Waals surface area contributed by atoms with Crippen LogP contribution in [0.5, 0.6) is 0 Å². The first kappa shape index (κ1) is 10.8. The van der Waals surface area contributed by atoms with Crippen LogP contribution in [0, 0.1) is 0 Å². The van der Waals surface area contributed by atoms with E-state index in [-0.39, 0.29) is 6.55 Å². The molecule has 0 spiro atoms. The topological polar surface area (TPSA) is 21.6 Å². The van der Waals surface area contributed by atoms with Gasteiger partial charge in [0.05, 0.1) is 6.61 Å². The molecule has 12 heavy (non-hydrogen) atoms.